The summed E-state index contributed by atoms with van der Waals surface area (Å²) < 4.78 is 2.74. The van der Waals surface area contributed by atoms with Gasteiger partial charge in [-0.2, -0.15) is 5.43 Å². The number of benzene rings is 1. The number of amidine groups is 1. The van der Waals surface area contributed by atoms with Crippen LogP contribution in [0, 0.1) is 0 Å². The number of likely N-dealkylation sites (N-methyl/N-ethyl adjacent to an activating group) is 2. The fraction of sp³-hybridized carbons (Fsp3) is 0.278. The normalized spacial score (nSPS) is 19.7. The molecule has 0 bridgehead atoms. The molecule has 9 heteroatoms. The Morgan fingerprint density at radius 1 is 1.33 bits per heavy atom. The van der Waals surface area contributed by atoms with Crippen molar-refractivity contribution in [1.29, 1.82) is 0 Å². The third kappa shape index (κ3) is 3.68. The summed E-state index contributed by atoms with van der Waals surface area (Å²) in [5.74, 6) is 0.451. The molecule has 1 atom stereocenters. The first-order valence-electron chi connectivity index (χ1n) is 8.26. The van der Waals surface area contributed by atoms with E-state index in [1.54, 1.807) is 17.8 Å². The second-order valence-electron chi connectivity index (χ2n) is 6.44. The first-order valence-corrected chi connectivity index (χ1v) is 9.05. The molecule has 0 aliphatic carbocycles. The molecule has 2 heterocycles. The summed E-state index contributed by atoms with van der Waals surface area (Å²) in [6, 6.07) is 6.57. The smallest absolute Gasteiger partial charge is 0.270 e. The zero-order chi connectivity index (χ0) is 19.7. The van der Waals surface area contributed by atoms with Gasteiger partial charge in [-0.3, -0.25) is 14.6 Å². The lowest BCUT2D eigenvalue weighted by molar-refractivity contribution is -0.529. The van der Waals surface area contributed by atoms with Crippen LogP contribution >= 0.6 is 15.9 Å². The van der Waals surface area contributed by atoms with Gasteiger partial charge in [0.05, 0.1) is 12.8 Å². The molecule has 27 heavy (non-hydrogen) atoms. The van der Waals surface area contributed by atoms with Crippen LogP contribution in [0.2, 0.25) is 0 Å². The zero-order valence-electron chi connectivity index (χ0n) is 15.3. The Hall–Kier alpha value is -2.81. The van der Waals surface area contributed by atoms with E-state index < -0.39 is 12.1 Å². The van der Waals surface area contributed by atoms with Crippen molar-refractivity contribution in [3.05, 3.63) is 46.5 Å². The third-order valence-corrected chi connectivity index (χ3v) is 4.75. The van der Waals surface area contributed by atoms with Crippen molar-refractivity contribution >= 4 is 45.9 Å². The van der Waals surface area contributed by atoms with Gasteiger partial charge in [0, 0.05) is 18.6 Å². The highest BCUT2D eigenvalue weighted by atomic mass is 79.9. The van der Waals surface area contributed by atoms with Gasteiger partial charge < -0.3 is 0 Å². The number of guanidine groups is 1. The van der Waals surface area contributed by atoms with E-state index in [0.29, 0.717) is 18.3 Å². The molecule has 1 saturated heterocycles. The van der Waals surface area contributed by atoms with Gasteiger partial charge in [-0.05, 0) is 30.2 Å². The predicted molar refractivity (Wildman–Crippen MR) is 107 cm³/mol. The summed E-state index contributed by atoms with van der Waals surface area (Å²) in [6.45, 7) is 6.20. The van der Waals surface area contributed by atoms with E-state index in [-0.39, 0.29) is 5.91 Å². The number of imide groups is 1. The summed E-state index contributed by atoms with van der Waals surface area (Å²) in [4.78, 5) is 31.8. The quantitative estimate of drug-likeness (QED) is 0.340. The number of rotatable bonds is 4. The maximum Gasteiger partial charge on any atom is 0.414 e. The van der Waals surface area contributed by atoms with Crippen LogP contribution in [0.4, 0.5) is 4.79 Å². The van der Waals surface area contributed by atoms with Gasteiger partial charge in [-0.1, -0.05) is 39.6 Å². The molecule has 0 spiro atoms. The number of hydrogen-bond acceptors (Lipinski definition) is 5. The van der Waals surface area contributed by atoms with Gasteiger partial charge in [-0.15, -0.1) is 5.10 Å². The van der Waals surface area contributed by atoms with Crippen molar-refractivity contribution in [2.24, 2.45) is 10.1 Å². The van der Waals surface area contributed by atoms with Crippen molar-refractivity contribution in [2.45, 2.75) is 13.0 Å². The first-order chi connectivity index (χ1) is 12.8. The summed E-state index contributed by atoms with van der Waals surface area (Å²) in [7, 11) is 3.07. The molecule has 1 fully saturated rings. The number of fused-ring (bicyclic) bond motifs is 1. The minimum absolute atomic E-state index is 0.327. The van der Waals surface area contributed by atoms with Gasteiger partial charge in [0.1, 0.15) is 0 Å². The van der Waals surface area contributed by atoms with E-state index in [2.05, 4.69) is 38.0 Å². The number of amides is 3. The minimum atomic E-state index is -0.681. The number of nitrogens with one attached hydrogen (secondary N) is 1. The summed E-state index contributed by atoms with van der Waals surface area (Å²) in [5, 5.41) is 4.22. The van der Waals surface area contributed by atoms with Crippen LogP contribution in [-0.4, -0.2) is 71.0 Å². The molecule has 3 amide bonds. The summed E-state index contributed by atoms with van der Waals surface area (Å²) in [5.41, 5.74) is 4.66. The topological polar surface area (TPSA) is 80.4 Å². The second-order valence-corrected chi connectivity index (χ2v) is 7.36. The third-order valence-electron chi connectivity index (χ3n) is 4.22. The van der Waals surface area contributed by atoms with Crippen molar-refractivity contribution in [2.75, 3.05) is 20.6 Å². The van der Waals surface area contributed by atoms with E-state index in [0.717, 1.165) is 20.5 Å². The average Bonchev–Trinajstić information content (AvgIpc) is 2.98. The van der Waals surface area contributed by atoms with Crippen LogP contribution in [0.15, 0.2) is 51.0 Å². The van der Waals surface area contributed by atoms with Gasteiger partial charge in [-0.25, -0.2) is 9.37 Å². The molecule has 2 aliphatic rings. The van der Waals surface area contributed by atoms with Crippen LogP contribution in [0.1, 0.15) is 12.5 Å². The van der Waals surface area contributed by atoms with Gasteiger partial charge in [0.25, 0.3) is 5.91 Å². The van der Waals surface area contributed by atoms with Crippen LogP contribution in [0.25, 0.3) is 0 Å². The molecular formula is C18H20BrN6O2+. The fourth-order valence-electron chi connectivity index (χ4n) is 2.86. The predicted octanol–water partition coefficient (Wildman–Crippen LogP) is 1.62. The Bertz CT molecular complexity index is 903. The molecule has 8 nitrogen and oxygen atoms in total. The lowest BCUT2D eigenvalue weighted by Crippen LogP contribution is -2.61. The summed E-state index contributed by atoms with van der Waals surface area (Å²) >= 11 is 3.39. The molecule has 0 aromatic heterocycles. The van der Waals surface area contributed by atoms with Gasteiger partial charge in [0.2, 0.25) is 11.9 Å². The number of nitrogens with zero attached hydrogens (tertiary/aromatic N) is 5. The Morgan fingerprint density at radius 2 is 2.00 bits per heavy atom. The number of halogens is 1. The van der Waals surface area contributed by atoms with Crippen LogP contribution in [0.3, 0.4) is 0 Å². The molecule has 1 aromatic carbocycles. The van der Waals surface area contributed by atoms with E-state index in [9.17, 15) is 9.59 Å². The molecule has 0 saturated carbocycles. The Labute approximate surface area is 165 Å². The van der Waals surface area contributed by atoms with Gasteiger partial charge in [0.15, 0.2) is 0 Å². The number of urea groups is 1. The standard InChI is InChI=1S/C18H19BrN6O2/c1-11(2)10-25-14-15(23(3)18(27)24(4)16(14)26)21-17(25)22-20-9-12-5-7-13(19)8-6-12/h5-9,14H,1,10H2,2-4H3/p+1/b20-9-. The number of carbonyl (C=O) groups is 2. The highest BCUT2D eigenvalue weighted by molar-refractivity contribution is 9.10. The van der Waals surface area contributed by atoms with E-state index in [1.807, 2.05) is 31.2 Å². The Balaban J connectivity index is 1.90. The molecule has 0 radical (unpaired) electrons. The molecule has 1 aromatic rings. The number of carbonyl (C=O) groups excluding carboxylic acids is 2. The average molecular weight is 432 g/mol. The van der Waals surface area contributed by atoms with Crippen molar-refractivity contribution < 1.29 is 14.2 Å². The molecule has 2 aliphatic heterocycles. The van der Waals surface area contributed by atoms with E-state index >= 15 is 0 Å². The van der Waals surface area contributed by atoms with Crippen molar-refractivity contribution in [3.63, 3.8) is 0 Å². The second kappa shape index (κ2) is 7.43. The zero-order valence-corrected chi connectivity index (χ0v) is 16.9. The monoisotopic (exact) mass is 431 g/mol. The maximum absolute atomic E-state index is 12.7. The Morgan fingerprint density at radius 3 is 2.63 bits per heavy atom. The number of hydrazone groups is 1. The summed E-state index contributed by atoms with van der Waals surface area (Å²) in [6.07, 6.45) is 1.66. The van der Waals surface area contributed by atoms with E-state index in [4.69, 9.17) is 0 Å². The molecule has 1 N–H and O–H groups in total. The Kier molecular flexibility index (Phi) is 5.22. The molecule has 140 valence electrons. The van der Waals surface area contributed by atoms with Gasteiger partial charge >= 0.3 is 12.0 Å². The first kappa shape index (κ1) is 19.0. The molecule has 3 rings (SSSR count). The highest BCUT2D eigenvalue weighted by Crippen LogP contribution is 2.19. The van der Waals surface area contributed by atoms with Crippen molar-refractivity contribution in [3.8, 4) is 0 Å². The maximum atomic E-state index is 12.7. The molecule has 1 unspecified atom stereocenters. The SMILES string of the molecule is C=C(C)C[N+]1=C(N/N=C\c2ccc(Br)cc2)N=C2C1C(=O)N(C)C(=O)N2C. The lowest BCUT2D eigenvalue weighted by atomic mass is 10.1. The van der Waals surface area contributed by atoms with Crippen molar-refractivity contribution in [1.82, 2.24) is 15.2 Å². The minimum Gasteiger partial charge on any atom is -0.270 e. The number of hydrogen-bond donors (Lipinski definition) is 1. The fourth-order valence-corrected chi connectivity index (χ4v) is 3.12. The molecular weight excluding hydrogens is 412 g/mol. The van der Waals surface area contributed by atoms with E-state index in [1.165, 1.54) is 11.9 Å². The number of aliphatic imine (C=N–C) groups is 1. The van der Waals surface area contributed by atoms with Crippen LogP contribution in [-0.2, 0) is 4.79 Å². The largest absolute Gasteiger partial charge is 0.414 e. The van der Waals surface area contributed by atoms with Crippen LogP contribution in [0.5, 0.6) is 0 Å². The van der Waals surface area contributed by atoms with Crippen LogP contribution < -0.4 is 5.43 Å². The highest BCUT2D eigenvalue weighted by Gasteiger charge is 2.51. The lowest BCUT2D eigenvalue weighted by Gasteiger charge is -2.31.